The average Bonchev–Trinajstić information content (AvgIpc) is 3.32. The first-order valence-electron chi connectivity index (χ1n) is 10.6. The van der Waals surface area contributed by atoms with Gasteiger partial charge in [-0.05, 0) is 43.2 Å². The van der Waals surface area contributed by atoms with E-state index in [0.29, 0.717) is 6.04 Å². The SMILES string of the molecule is CCCCc1nc2cc(/C=C/c3noc(C(F)(F)F)n3)ccc2n1CCCNC(C)C. The molecule has 0 bridgehead atoms. The molecule has 2 aromatic heterocycles. The average molecular weight is 435 g/mol. The molecule has 1 N–H and O–H groups in total. The lowest BCUT2D eigenvalue weighted by Crippen LogP contribution is -2.24. The van der Waals surface area contributed by atoms with Crippen LogP contribution in [0.5, 0.6) is 0 Å². The maximum absolute atomic E-state index is 12.6. The highest BCUT2D eigenvalue weighted by Crippen LogP contribution is 2.27. The lowest BCUT2D eigenvalue weighted by molar-refractivity contribution is -0.159. The van der Waals surface area contributed by atoms with E-state index in [-0.39, 0.29) is 5.82 Å². The van der Waals surface area contributed by atoms with Gasteiger partial charge in [0.15, 0.2) is 5.82 Å². The molecule has 0 aliphatic carbocycles. The Morgan fingerprint density at radius 2 is 1.97 bits per heavy atom. The van der Waals surface area contributed by atoms with Gasteiger partial charge in [-0.3, -0.25) is 0 Å². The van der Waals surface area contributed by atoms with Crippen molar-refractivity contribution in [3.8, 4) is 0 Å². The van der Waals surface area contributed by atoms with E-state index >= 15 is 0 Å². The molecule has 31 heavy (non-hydrogen) atoms. The molecule has 0 fully saturated rings. The number of rotatable bonds is 10. The zero-order valence-electron chi connectivity index (χ0n) is 18.0. The molecule has 0 saturated heterocycles. The van der Waals surface area contributed by atoms with Gasteiger partial charge in [0.1, 0.15) is 5.82 Å². The third-order valence-corrected chi connectivity index (χ3v) is 4.83. The fourth-order valence-corrected chi connectivity index (χ4v) is 3.29. The number of aryl methyl sites for hydroxylation is 2. The van der Waals surface area contributed by atoms with Crippen LogP contribution >= 0.6 is 0 Å². The van der Waals surface area contributed by atoms with Gasteiger partial charge in [0.2, 0.25) is 0 Å². The van der Waals surface area contributed by atoms with Crippen LogP contribution in [0.4, 0.5) is 13.2 Å². The van der Waals surface area contributed by atoms with Crippen LogP contribution in [0, 0.1) is 0 Å². The summed E-state index contributed by atoms with van der Waals surface area (Å²) in [6.07, 6.45) is 2.48. The summed E-state index contributed by atoms with van der Waals surface area (Å²) in [6.45, 7) is 8.24. The number of alkyl halides is 3. The first-order chi connectivity index (χ1) is 14.8. The first kappa shape index (κ1) is 23.0. The van der Waals surface area contributed by atoms with Crippen molar-refractivity contribution >= 4 is 23.2 Å². The Hall–Kier alpha value is -2.68. The second kappa shape index (κ2) is 10.1. The quantitative estimate of drug-likeness (QED) is 0.436. The molecule has 0 amide bonds. The van der Waals surface area contributed by atoms with E-state index in [9.17, 15) is 13.2 Å². The van der Waals surface area contributed by atoms with Gasteiger partial charge >= 0.3 is 12.1 Å². The summed E-state index contributed by atoms with van der Waals surface area (Å²) in [7, 11) is 0. The number of imidazole rings is 1. The highest BCUT2D eigenvalue weighted by molar-refractivity contribution is 5.81. The normalized spacial score (nSPS) is 12.6. The second-order valence-electron chi connectivity index (χ2n) is 7.78. The molecule has 0 atom stereocenters. The largest absolute Gasteiger partial charge is 0.471 e. The number of unbranched alkanes of at least 4 members (excludes halogenated alkanes) is 1. The number of nitrogens with zero attached hydrogens (tertiary/aromatic N) is 4. The van der Waals surface area contributed by atoms with Gasteiger partial charge in [0.05, 0.1) is 11.0 Å². The Morgan fingerprint density at radius 3 is 2.65 bits per heavy atom. The molecule has 0 radical (unpaired) electrons. The third-order valence-electron chi connectivity index (χ3n) is 4.83. The molecule has 6 nitrogen and oxygen atoms in total. The van der Waals surface area contributed by atoms with Gasteiger partial charge in [-0.25, -0.2) is 4.98 Å². The minimum atomic E-state index is -4.65. The predicted octanol–water partition coefficient (Wildman–Crippen LogP) is 5.34. The zero-order valence-corrected chi connectivity index (χ0v) is 18.0. The minimum Gasteiger partial charge on any atom is -0.329 e. The highest BCUT2D eigenvalue weighted by atomic mass is 19.4. The monoisotopic (exact) mass is 435 g/mol. The van der Waals surface area contributed by atoms with Gasteiger partial charge in [-0.1, -0.05) is 44.5 Å². The summed E-state index contributed by atoms with van der Waals surface area (Å²) in [5.74, 6) is -0.413. The van der Waals surface area contributed by atoms with Crippen molar-refractivity contribution in [1.82, 2.24) is 25.0 Å². The van der Waals surface area contributed by atoms with Crippen molar-refractivity contribution in [3.05, 3.63) is 41.3 Å². The topological polar surface area (TPSA) is 68.8 Å². The number of aromatic nitrogens is 4. The second-order valence-corrected chi connectivity index (χ2v) is 7.78. The fraction of sp³-hybridized carbons (Fsp3) is 0.500. The fourth-order valence-electron chi connectivity index (χ4n) is 3.29. The molecule has 3 rings (SSSR count). The number of hydrogen-bond donors (Lipinski definition) is 1. The summed E-state index contributed by atoms with van der Waals surface area (Å²) in [5.41, 5.74) is 2.74. The van der Waals surface area contributed by atoms with Gasteiger partial charge in [-0.2, -0.15) is 18.2 Å². The van der Waals surface area contributed by atoms with Crippen LogP contribution in [-0.2, 0) is 19.1 Å². The van der Waals surface area contributed by atoms with Crippen molar-refractivity contribution in [2.24, 2.45) is 0 Å². The van der Waals surface area contributed by atoms with E-state index < -0.39 is 12.1 Å². The minimum absolute atomic E-state index is 0.126. The summed E-state index contributed by atoms with van der Waals surface area (Å²) in [5, 5.41) is 6.79. The summed E-state index contributed by atoms with van der Waals surface area (Å²) < 4.78 is 44.3. The van der Waals surface area contributed by atoms with Crippen LogP contribution in [-0.4, -0.2) is 32.3 Å². The molecular formula is C22H28F3N5O. The van der Waals surface area contributed by atoms with Crippen molar-refractivity contribution in [1.29, 1.82) is 0 Å². The van der Waals surface area contributed by atoms with E-state index in [1.165, 1.54) is 6.08 Å². The summed E-state index contributed by atoms with van der Waals surface area (Å²) >= 11 is 0. The maximum Gasteiger partial charge on any atom is 0.471 e. The van der Waals surface area contributed by atoms with E-state index in [0.717, 1.165) is 61.2 Å². The number of halogens is 3. The Bertz CT molecular complexity index is 1020. The van der Waals surface area contributed by atoms with Crippen LogP contribution in [0.3, 0.4) is 0 Å². The van der Waals surface area contributed by atoms with Crippen molar-refractivity contribution in [3.63, 3.8) is 0 Å². The smallest absolute Gasteiger partial charge is 0.329 e. The highest BCUT2D eigenvalue weighted by Gasteiger charge is 2.38. The van der Waals surface area contributed by atoms with Gasteiger partial charge in [0.25, 0.3) is 0 Å². The molecule has 2 heterocycles. The number of fused-ring (bicyclic) bond motifs is 1. The van der Waals surface area contributed by atoms with Crippen molar-refractivity contribution in [2.75, 3.05) is 6.54 Å². The summed E-state index contributed by atoms with van der Waals surface area (Å²) in [4.78, 5) is 8.18. The molecule has 9 heteroatoms. The van der Waals surface area contributed by atoms with Crippen LogP contribution < -0.4 is 5.32 Å². The number of nitrogens with one attached hydrogen (secondary N) is 1. The van der Waals surface area contributed by atoms with Crippen LogP contribution in [0.1, 0.15) is 63.1 Å². The lowest BCUT2D eigenvalue weighted by atomic mass is 10.2. The first-order valence-corrected chi connectivity index (χ1v) is 10.6. The molecular weight excluding hydrogens is 407 g/mol. The number of hydrogen-bond acceptors (Lipinski definition) is 5. The van der Waals surface area contributed by atoms with Gasteiger partial charge in [0, 0.05) is 19.0 Å². The van der Waals surface area contributed by atoms with Crippen LogP contribution in [0.2, 0.25) is 0 Å². The predicted molar refractivity (Wildman–Crippen MR) is 114 cm³/mol. The third kappa shape index (κ3) is 6.16. The Balaban J connectivity index is 1.79. The number of benzene rings is 1. The molecule has 0 spiro atoms. The molecule has 0 saturated carbocycles. The van der Waals surface area contributed by atoms with E-state index in [2.05, 4.69) is 45.3 Å². The molecule has 0 aliphatic heterocycles. The summed E-state index contributed by atoms with van der Waals surface area (Å²) in [6, 6.07) is 6.30. The molecule has 0 unspecified atom stereocenters. The van der Waals surface area contributed by atoms with E-state index in [1.54, 1.807) is 6.08 Å². The molecule has 3 aromatic rings. The maximum atomic E-state index is 12.6. The Morgan fingerprint density at radius 1 is 1.16 bits per heavy atom. The van der Waals surface area contributed by atoms with Crippen molar-refractivity contribution in [2.45, 2.75) is 65.2 Å². The van der Waals surface area contributed by atoms with E-state index in [1.807, 2.05) is 18.2 Å². The van der Waals surface area contributed by atoms with Crippen molar-refractivity contribution < 1.29 is 17.7 Å². The molecule has 1 aromatic carbocycles. The van der Waals surface area contributed by atoms with Gasteiger partial charge < -0.3 is 14.4 Å². The van der Waals surface area contributed by atoms with Crippen LogP contribution in [0.25, 0.3) is 23.2 Å². The van der Waals surface area contributed by atoms with Gasteiger partial charge in [-0.15, -0.1) is 0 Å². The standard InChI is InChI=1S/C22H28F3N5O/c1-4-5-7-20-27-17-14-16(9-11-19-28-21(31-29-19)22(23,24)25)8-10-18(17)30(20)13-6-12-26-15(2)3/h8-11,14-15,26H,4-7,12-13H2,1-3H3/b11-9+. The Labute approximate surface area is 179 Å². The molecule has 0 aliphatic rings. The van der Waals surface area contributed by atoms with Crippen LogP contribution in [0.15, 0.2) is 22.7 Å². The Kier molecular flexibility index (Phi) is 7.48. The molecule has 168 valence electrons. The zero-order chi connectivity index (χ0) is 22.4. The lowest BCUT2D eigenvalue weighted by Gasteiger charge is -2.11. The van der Waals surface area contributed by atoms with E-state index in [4.69, 9.17) is 4.98 Å².